The van der Waals surface area contributed by atoms with E-state index >= 15 is 0 Å². The molecule has 0 aromatic carbocycles. The van der Waals surface area contributed by atoms with Gasteiger partial charge in [0.15, 0.2) is 0 Å². The number of primary amides is 1. The molecule has 2 aromatic heterocycles. The number of nitrogens with zero attached hydrogens (tertiary/aromatic N) is 3. The molecule has 2 aromatic rings. The van der Waals surface area contributed by atoms with Crippen molar-refractivity contribution in [1.29, 1.82) is 0 Å². The molecule has 0 bridgehead atoms. The fourth-order valence-corrected chi connectivity index (χ4v) is 5.64. The van der Waals surface area contributed by atoms with Crippen LogP contribution in [-0.2, 0) is 4.74 Å². The molecule has 10 heteroatoms. The number of allylic oxidation sites excluding steroid dienone is 2. The third-order valence-corrected chi connectivity index (χ3v) is 7.74. The highest BCUT2D eigenvalue weighted by atomic mass is 32.1. The fraction of sp³-hybridized carbons (Fsp3) is 0.407. The molecule has 2 saturated heterocycles. The standard InChI is InChI=1S/C27H36N6O3S/c1-19(22(18-34)32-12-14-36-15-13-32)6-5-7-24(28)31-27-21(26(29)35)16-23(37-27)20-8-9-25(30-17-20)33-10-3-2-4-11-33/h5-9,16-17,22,31,34H,1-4,10-15,18,28H2,(H2,29,35)/b6-5-,24-7+. The van der Waals surface area contributed by atoms with Crippen molar-refractivity contribution in [2.75, 3.05) is 56.2 Å². The number of aromatic nitrogens is 1. The number of piperidine rings is 1. The molecule has 0 radical (unpaired) electrons. The van der Waals surface area contributed by atoms with Crippen LogP contribution in [0.15, 0.2) is 60.6 Å². The average Bonchev–Trinajstić information content (AvgIpc) is 3.34. The zero-order valence-electron chi connectivity index (χ0n) is 21.1. The van der Waals surface area contributed by atoms with E-state index < -0.39 is 5.91 Å². The number of carbonyl (C=O) groups is 1. The van der Waals surface area contributed by atoms with E-state index in [0.717, 1.165) is 48.0 Å². The Balaban J connectivity index is 1.43. The number of aliphatic hydroxyl groups excluding tert-OH is 1. The van der Waals surface area contributed by atoms with E-state index in [2.05, 4.69) is 26.7 Å². The van der Waals surface area contributed by atoms with Gasteiger partial charge in [-0.1, -0.05) is 18.7 Å². The zero-order valence-corrected chi connectivity index (χ0v) is 21.9. The molecule has 198 valence electrons. The lowest BCUT2D eigenvalue weighted by Crippen LogP contribution is -2.45. The number of ether oxygens (including phenoxy) is 1. The summed E-state index contributed by atoms with van der Waals surface area (Å²) in [5, 5.41) is 13.5. The molecule has 1 unspecified atom stereocenters. The van der Waals surface area contributed by atoms with E-state index in [0.29, 0.717) is 29.6 Å². The fourth-order valence-electron chi connectivity index (χ4n) is 4.57. The maximum atomic E-state index is 12.1. The van der Waals surface area contributed by atoms with Crippen molar-refractivity contribution < 1.29 is 14.6 Å². The Kier molecular flexibility index (Phi) is 9.34. The molecular formula is C27H36N6O3S. The largest absolute Gasteiger partial charge is 0.394 e. The van der Waals surface area contributed by atoms with Crippen LogP contribution < -0.4 is 21.7 Å². The predicted octanol–water partition coefficient (Wildman–Crippen LogP) is 2.92. The van der Waals surface area contributed by atoms with Crippen molar-refractivity contribution in [3.63, 3.8) is 0 Å². The average molecular weight is 525 g/mol. The van der Waals surface area contributed by atoms with Crippen LogP contribution in [0.5, 0.6) is 0 Å². The van der Waals surface area contributed by atoms with E-state index in [-0.39, 0.29) is 12.6 Å². The van der Waals surface area contributed by atoms with Gasteiger partial charge in [-0.05, 0) is 49.1 Å². The predicted molar refractivity (Wildman–Crippen MR) is 150 cm³/mol. The summed E-state index contributed by atoms with van der Waals surface area (Å²) in [6.45, 7) is 8.96. The second kappa shape index (κ2) is 12.9. The lowest BCUT2D eigenvalue weighted by molar-refractivity contribution is 0.0129. The van der Waals surface area contributed by atoms with Crippen molar-refractivity contribution in [2.24, 2.45) is 11.5 Å². The monoisotopic (exact) mass is 524 g/mol. The number of nitrogens with two attached hydrogens (primary N) is 2. The van der Waals surface area contributed by atoms with Crippen LogP contribution in [0, 0.1) is 0 Å². The molecule has 9 nitrogen and oxygen atoms in total. The Labute approximate surface area is 222 Å². The van der Waals surface area contributed by atoms with Crippen LogP contribution in [0.4, 0.5) is 10.8 Å². The Morgan fingerprint density at radius 2 is 1.97 bits per heavy atom. The molecule has 2 aliphatic heterocycles. The van der Waals surface area contributed by atoms with E-state index in [4.69, 9.17) is 16.2 Å². The van der Waals surface area contributed by atoms with E-state index in [1.807, 2.05) is 24.4 Å². The summed E-state index contributed by atoms with van der Waals surface area (Å²) >= 11 is 1.40. The quantitative estimate of drug-likeness (QED) is 0.349. The highest BCUT2D eigenvalue weighted by molar-refractivity contribution is 7.19. The number of thiophene rings is 1. The second-order valence-electron chi connectivity index (χ2n) is 9.20. The van der Waals surface area contributed by atoms with Crippen molar-refractivity contribution >= 4 is 28.1 Å². The molecule has 37 heavy (non-hydrogen) atoms. The van der Waals surface area contributed by atoms with E-state index in [9.17, 15) is 9.90 Å². The van der Waals surface area contributed by atoms with Crippen LogP contribution in [0.1, 0.15) is 29.6 Å². The minimum Gasteiger partial charge on any atom is -0.394 e. The van der Waals surface area contributed by atoms with Crippen LogP contribution >= 0.6 is 11.3 Å². The number of morpholine rings is 1. The first kappa shape index (κ1) is 26.9. The molecule has 1 amide bonds. The lowest BCUT2D eigenvalue weighted by atomic mass is 10.1. The molecule has 2 aliphatic rings. The van der Waals surface area contributed by atoms with Crippen molar-refractivity contribution in [2.45, 2.75) is 25.3 Å². The van der Waals surface area contributed by atoms with Gasteiger partial charge in [0.05, 0.1) is 31.4 Å². The van der Waals surface area contributed by atoms with Gasteiger partial charge in [0.25, 0.3) is 5.91 Å². The molecule has 0 saturated carbocycles. The number of pyridine rings is 1. The van der Waals surface area contributed by atoms with E-state index in [1.165, 1.54) is 30.6 Å². The minimum atomic E-state index is -0.532. The number of nitrogens with one attached hydrogen (secondary N) is 1. The maximum Gasteiger partial charge on any atom is 0.251 e. The highest BCUT2D eigenvalue weighted by Gasteiger charge is 2.21. The molecule has 0 aliphatic carbocycles. The lowest BCUT2D eigenvalue weighted by Gasteiger charge is -2.33. The van der Waals surface area contributed by atoms with Crippen molar-refractivity contribution in [1.82, 2.24) is 9.88 Å². The third kappa shape index (κ3) is 6.98. The summed E-state index contributed by atoms with van der Waals surface area (Å²) in [6, 6.07) is 5.65. The first-order valence-electron chi connectivity index (χ1n) is 12.6. The Bertz CT molecular complexity index is 1130. The van der Waals surface area contributed by atoms with E-state index in [1.54, 1.807) is 18.2 Å². The molecule has 1 atom stereocenters. The molecular weight excluding hydrogens is 488 g/mol. The normalized spacial score (nSPS) is 18.2. The highest BCUT2D eigenvalue weighted by Crippen LogP contribution is 2.36. The maximum absolute atomic E-state index is 12.1. The van der Waals surface area contributed by atoms with Gasteiger partial charge in [0.2, 0.25) is 0 Å². The van der Waals surface area contributed by atoms with Gasteiger partial charge < -0.3 is 31.5 Å². The minimum absolute atomic E-state index is 0.0194. The van der Waals surface area contributed by atoms with Crippen LogP contribution in [0.2, 0.25) is 0 Å². The third-order valence-electron chi connectivity index (χ3n) is 6.64. The summed E-state index contributed by atoms with van der Waals surface area (Å²) in [4.78, 5) is 22.1. The SMILES string of the molecule is C=C(/C=C\C=C(/N)Nc1sc(-c2ccc(N3CCCCC3)nc2)cc1C(N)=O)C(CO)N1CCOCC1. The first-order valence-corrected chi connectivity index (χ1v) is 13.4. The van der Waals surface area contributed by atoms with Gasteiger partial charge in [0.1, 0.15) is 16.6 Å². The number of aliphatic hydroxyl groups is 1. The van der Waals surface area contributed by atoms with Gasteiger partial charge in [-0.15, -0.1) is 11.3 Å². The summed E-state index contributed by atoms with van der Waals surface area (Å²) in [6.07, 6.45) is 10.8. The van der Waals surface area contributed by atoms with Crippen LogP contribution in [0.25, 0.3) is 10.4 Å². The van der Waals surface area contributed by atoms with Gasteiger partial charge in [-0.3, -0.25) is 9.69 Å². The number of hydrogen-bond donors (Lipinski definition) is 4. The molecule has 2 fully saturated rings. The first-order chi connectivity index (χ1) is 18.0. The topological polar surface area (TPSA) is 130 Å². The Hall–Kier alpha value is -3.18. The van der Waals surface area contributed by atoms with Gasteiger partial charge in [0, 0.05) is 42.8 Å². The number of carbonyl (C=O) groups excluding carboxylic acids is 1. The van der Waals surface area contributed by atoms with Crippen LogP contribution in [-0.4, -0.2) is 72.9 Å². The van der Waals surface area contributed by atoms with Crippen molar-refractivity contribution in [3.8, 4) is 10.4 Å². The summed E-state index contributed by atoms with van der Waals surface area (Å²) in [5.41, 5.74) is 13.9. The number of hydrogen-bond acceptors (Lipinski definition) is 9. The molecule has 6 N–H and O–H groups in total. The van der Waals surface area contributed by atoms with Gasteiger partial charge >= 0.3 is 0 Å². The smallest absolute Gasteiger partial charge is 0.251 e. The summed E-state index contributed by atoms with van der Waals surface area (Å²) < 4.78 is 5.39. The van der Waals surface area contributed by atoms with Gasteiger partial charge in [-0.25, -0.2) is 4.98 Å². The summed E-state index contributed by atoms with van der Waals surface area (Å²) in [7, 11) is 0. The number of anilines is 2. The summed E-state index contributed by atoms with van der Waals surface area (Å²) in [5.74, 6) is 0.799. The van der Waals surface area contributed by atoms with Crippen molar-refractivity contribution in [3.05, 3.63) is 66.2 Å². The number of amides is 1. The zero-order chi connectivity index (χ0) is 26.2. The Morgan fingerprint density at radius 1 is 1.22 bits per heavy atom. The Morgan fingerprint density at radius 3 is 2.62 bits per heavy atom. The number of rotatable bonds is 10. The van der Waals surface area contributed by atoms with Gasteiger partial charge in [-0.2, -0.15) is 0 Å². The van der Waals surface area contributed by atoms with Crippen LogP contribution in [0.3, 0.4) is 0 Å². The molecule has 0 spiro atoms. The molecule has 4 heterocycles. The second-order valence-corrected chi connectivity index (χ2v) is 10.3. The molecule has 4 rings (SSSR count).